The molecule has 120 valence electrons. The molecule has 0 spiro atoms. The van der Waals surface area contributed by atoms with Crippen molar-refractivity contribution in [1.82, 2.24) is 9.78 Å². The number of carbonyl (C=O) groups excluding carboxylic acids is 1. The van der Waals surface area contributed by atoms with Crippen LogP contribution < -0.4 is 0 Å². The van der Waals surface area contributed by atoms with E-state index in [4.69, 9.17) is 0 Å². The minimum absolute atomic E-state index is 0.234. The van der Waals surface area contributed by atoms with Crippen LogP contribution >= 0.6 is 0 Å². The summed E-state index contributed by atoms with van der Waals surface area (Å²) in [5.41, 5.74) is 4.37. The lowest BCUT2D eigenvalue weighted by Crippen LogP contribution is -2.11. The van der Waals surface area contributed by atoms with Crippen LogP contribution in [0.3, 0.4) is 0 Å². The van der Waals surface area contributed by atoms with Crippen LogP contribution in [-0.4, -0.2) is 15.7 Å². The molecule has 3 nitrogen and oxygen atoms in total. The molecule has 1 aromatic heterocycles. The van der Waals surface area contributed by atoms with Gasteiger partial charge in [0.1, 0.15) is 5.82 Å². The molecule has 0 aliphatic rings. The third-order valence-electron chi connectivity index (χ3n) is 3.85. The molecule has 0 saturated carbocycles. The summed E-state index contributed by atoms with van der Waals surface area (Å²) in [4.78, 5) is 12.4. The smallest absolute Gasteiger partial charge is 0.267 e. The molecule has 3 aromatic rings. The van der Waals surface area contributed by atoms with Gasteiger partial charge < -0.3 is 0 Å². The predicted molar refractivity (Wildman–Crippen MR) is 93.2 cm³/mol. The van der Waals surface area contributed by atoms with Gasteiger partial charge in [-0.3, -0.25) is 4.79 Å². The van der Waals surface area contributed by atoms with Crippen LogP contribution in [0, 0.1) is 19.7 Å². The Labute approximate surface area is 140 Å². The minimum atomic E-state index is -0.301. The number of benzene rings is 2. The topological polar surface area (TPSA) is 34.9 Å². The van der Waals surface area contributed by atoms with E-state index in [0.29, 0.717) is 0 Å². The molecule has 0 saturated heterocycles. The zero-order valence-electron chi connectivity index (χ0n) is 13.5. The first-order valence-corrected chi connectivity index (χ1v) is 7.66. The van der Waals surface area contributed by atoms with Gasteiger partial charge >= 0.3 is 0 Å². The third-order valence-corrected chi connectivity index (χ3v) is 3.85. The molecule has 3 rings (SSSR count). The van der Waals surface area contributed by atoms with E-state index in [0.717, 1.165) is 28.1 Å². The summed E-state index contributed by atoms with van der Waals surface area (Å²) in [6.45, 7) is 3.77. The summed E-state index contributed by atoms with van der Waals surface area (Å²) < 4.78 is 14.3. The summed E-state index contributed by atoms with van der Waals surface area (Å²) in [6.07, 6.45) is 3.10. The lowest BCUT2D eigenvalue weighted by Gasteiger charge is -2.02. The number of allylic oxidation sites excluding steroid dienone is 1. The van der Waals surface area contributed by atoms with E-state index < -0.39 is 0 Å². The SMILES string of the molecule is Cc1nn(C(=O)/C=C/c2ccc(F)cc2)c(C)c1-c1ccccc1. The first-order valence-electron chi connectivity index (χ1n) is 7.66. The van der Waals surface area contributed by atoms with Crippen LogP contribution in [0.5, 0.6) is 0 Å². The van der Waals surface area contributed by atoms with Gasteiger partial charge in [-0.25, -0.2) is 9.07 Å². The van der Waals surface area contributed by atoms with Crippen molar-refractivity contribution in [3.05, 3.63) is 83.4 Å². The second-order valence-electron chi connectivity index (χ2n) is 5.55. The van der Waals surface area contributed by atoms with Gasteiger partial charge in [0.05, 0.1) is 11.4 Å². The molecule has 24 heavy (non-hydrogen) atoms. The Morgan fingerprint density at radius 3 is 2.38 bits per heavy atom. The van der Waals surface area contributed by atoms with Gasteiger partial charge in [0.25, 0.3) is 5.91 Å². The molecule has 0 N–H and O–H groups in total. The second-order valence-corrected chi connectivity index (χ2v) is 5.55. The Morgan fingerprint density at radius 1 is 1.04 bits per heavy atom. The molecule has 0 unspecified atom stereocenters. The third kappa shape index (κ3) is 3.18. The molecule has 0 fully saturated rings. The molecule has 0 aliphatic heterocycles. The van der Waals surface area contributed by atoms with Gasteiger partial charge in [0.2, 0.25) is 0 Å². The number of rotatable bonds is 3. The highest BCUT2D eigenvalue weighted by molar-refractivity contribution is 5.94. The van der Waals surface area contributed by atoms with Gasteiger partial charge in [0.15, 0.2) is 0 Å². The number of carbonyl (C=O) groups is 1. The maximum atomic E-state index is 12.9. The average molecular weight is 320 g/mol. The van der Waals surface area contributed by atoms with Gasteiger partial charge in [0, 0.05) is 11.6 Å². The highest BCUT2D eigenvalue weighted by Crippen LogP contribution is 2.26. The zero-order chi connectivity index (χ0) is 17.1. The van der Waals surface area contributed by atoms with Crippen molar-refractivity contribution in [3.63, 3.8) is 0 Å². The van der Waals surface area contributed by atoms with Crippen molar-refractivity contribution in [3.8, 4) is 11.1 Å². The Bertz CT molecular complexity index is 893. The first kappa shape index (κ1) is 15.9. The maximum Gasteiger partial charge on any atom is 0.271 e. The normalized spacial score (nSPS) is 11.1. The summed E-state index contributed by atoms with van der Waals surface area (Å²) in [7, 11) is 0. The first-order chi connectivity index (χ1) is 11.6. The molecular formula is C20H17FN2O. The van der Waals surface area contributed by atoms with E-state index in [9.17, 15) is 9.18 Å². The van der Waals surface area contributed by atoms with Crippen molar-refractivity contribution < 1.29 is 9.18 Å². The highest BCUT2D eigenvalue weighted by atomic mass is 19.1. The van der Waals surface area contributed by atoms with Crippen molar-refractivity contribution in [2.45, 2.75) is 13.8 Å². The quantitative estimate of drug-likeness (QED) is 0.658. The molecular weight excluding hydrogens is 303 g/mol. The lowest BCUT2D eigenvalue weighted by molar-refractivity contribution is 0.0952. The van der Waals surface area contributed by atoms with Crippen LogP contribution in [0.4, 0.5) is 4.39 Å². The lowest BCUT2D eigenvalue weighted by atomic mass is 10.0. The number of hydrogen-bond acceptors (Lipinski definition) is 2. The number of nitrogens with zero attached hydrogens (tertiary/aromatic N) is 2. The van der Waals surface area contributed by atoms with Gasteiger partial charge in [-0.05, 0) is 43.2 Å². The second kappa shape index (κ2) is 6.62. The molecule has 0 aliphatic carbocycles. The zero-order valence-corrected chi connectivity index (χ0v) is 13.5. The molecule has 0 radical (unpaired) electrons. The summed E-state index contributed by atoms with van der Waals surface area (Å²) in [5, 5.41) is 4.37. The Kier molecular flexibility index (Phi) is 4.38. The Morgan fingerprint density at radius 2 is 1.71 bits per heavy atom. The van der Waals surface area contributed by atoms with Crippen molar-refractivity contribution in [1.29, 1.82) is 0 Å². The minimum Gasteiger partial charge on any atom is -0.267 e. The van der Waals surface area contributed by atoms with E-state index in [2.05, 4.69) is 5.10 Å². The van der Waals surface area contributed by atoms with Gasteiger partial charge in [-0.15, -0.1) is 0 Å². The van der Waals surface area contributed by atoms with Crippen LogP contribution in [0.2, 0.25) is 0 Å². The van der Waals surface area contributed by atoms with Crippen molar-refractivity contribution >= 4 is 12.0 Å². The monoisotopic (exact) mass is 320 g/mol. The Balaban J connectivity index is 1.90. The average Bonchev–Trinajstić information content (AvgIpc) is 2.89. The standard InChI is InChI=1S/C20H17FN2O/c1-14-20(17-6-4-3-5-7-17)15(2)23(22-14)19(24)13-10-16-8-11-18(21)12-9-16/h3-13H,1-2H3/b13-10+. The van der Waals surface area contributed by atoms with E-state index in [1.54, 1.807) is 18.2 Å². The van der Waals surface area contributed by atoms with Crippen LogP contribution in [0.15, 0.2) is 60.7 Å². The number of hydrogen-bond donors (Lipinski definition) is 0. The highest BCUT2D eigenvalue weighted by Gasteiger charge is 2.16. The number of aromatic nitrogens is 2. The fourth-order valence-corrected chi connectivity index (χ4v) is 2.69. The van der Waals surface area contributed by atoms with E-state index in [1.807, 2.05) is 44.2 Å². The Hall–Kier alpha value is -3.01. The molecule has 1 heterocycles. The predicted octanol–water partition coefficient (Wildman–Crippen LogP) is 4.66. The molecule has 4 heteroatoms. The van der Waals surface area contributed by atoms with E-state index in [1.165, 1.54) is 22.9 Å². The summed E-state index contributed by atoms with van der Waals surface area (Å²) in [6, 6.07) is 15.8. The van der Waals surface area contributed by atoms with Crippen LogP contribution in [0.25, 0.3) is 17.2 Å². The molecule has 2 aromatic carbocycles. The largest absolute Gasteiger partial charge is 0.271 e. The number of aryl methyl sites for hydroxylation is 1. The summed E-state index contributed by atoms with van der Waals surface area (Å²) >= 11 is 0. The van der Waals surface area contributed by atoms with Crippen LogP contribution in [-0.2, 0) is 0 Å². The number of halogens is 1. The molecule has 0 amide bonds. The fourth-order valence-electron chi connectivity index (χ4n) is 2.69. The van der Waals surface area contributed by atoms with Gasteiger partial charge in [-0.1, -0.05) is 42.5 Å². The van der Waals surface area contributed by atoms with Gasteiger partial charge in [-0.2, -0.15) is 5.10 Å². The molecule has 0 atom stereocenters. The van der Waals surface area contributed by atoms with Crippen molar-refractivity contribution in [2.24, 2.45) is 0 Å². The molecule has 0 bridgehead atoms. The van der Waals surface area contributed by atoms with E-state index in [-0.39, 0.29) is 11.7 Å². The fraction of sp³-hybridized carbons (Fsp3) is 0.100. The van der Waals surface area contributed by atoms with E-state index >= 15 is 0 Å². The maximum absolute atomic E-state index is 12.9. The van der Waals surface area contributed by atoms with Crippen molar-refractivity contribution in [2.75, 3.05) is 0 Å². The summed E-state index contributed by atoms with van der Waals surface area (Å²) in [5.74, 6) is -0.536. The van der Waals surface area contributed by atoms with Crippen LogP contribution in [0.1, 0.15) is 21.7 Å².